The lowest BCUT2D eigenvalue weighted by Crippen LogP contribution is -2.52. The van der Waals surface area contributed by atoms with Gasteiger partial charge in [-0.1, -0.05) is 38.1 Å². The molecule has 150 valence electrons. The number of anilines is 1. The van der Waals surface area contributed by atoms with Crippen molar-refractivity contribution < 1.29 is 17.9 Å². The first-order chi connectivity index (χ1) is 13.2. The van der Waals surface area contributed by atoms with Crippen LogP contribution < -0.4 is 14.4 Å². The molecule has 2 aromatic carbocycles. The molecule has 0 aromatic heterocycles. The Bertz CT molecular complexity index is 958. The Kier molecular flexibility index (Phi) is 5.65. The van der Waals surface area contributed by atoms with Crippen molar-refractivity contribution in [1.29, 1.82) is 0 Å². The fraction of sp³-hybridized carbons (Fsp3) is 0.381. The van der Waals surface area contributed by atoms with Crippen LogP contribution in [-0.4, -0.2) is 33.0 Å². The first kappa shape index (κ1) is 20.2. The number of ether oxygens (including phenoxy) is 1. The molecule has 3 rings (SSSR count). The Morgan fingerprint density at radius 2 is 1.82 bits per heavy atom. The number of carbonyl (C=O) groups is 1. The van der Waals surface area contributed by atoms with Gasteiger partial charge in [-0.25, -0.2) is 8.42 Å². The number of fused-ring (bicyclic) bond motifs is 1. The molecule has 0 unspecified atom stereocenters. The van der Waals surface area contributed by atoms with Crippen molar-refractivity contribution in [1.82, 2.24) is 5.32 Å². The normalized spacial score (nSPS) is 17.6. The van der Waals surface area contributed by atoms with E-state index in [2.05, 4.69) is 5.32 Å². The van der Waals surface area contributed by atoms with Crippen LogP contribution in [0.3, 0.4) is 0 Å². The van der Waals surface area contributed by atoms with Crippen molar-refractivity contribution in [2.45, 2.75) is 44.7 Å². The smallest absolute Gasteiger partial charge is 0.264 e. The summed E-state index contributed by atoms with van der Waals surface area (Å²) in [5, 5.41) is 2.92. The average Bonchev–Trinajstić information content (AvgIpc) is 2.67. The third-order valence-corrected chi connectivity index (χ3v) is 6.77. The maximum absolute atomic E-state index is 13.3. The van der Waals surface area contributed by atoms with E-state index in [1.54, 1.807) is 42.5 Å². The van der Waals surface area contributed by atoms with Crippen molar-refractivity contribution in [2.75, 3.05) is 10.8 Å². The van der Waals surface area contributed by atoms with Gasteiger partial charge in [0.25, 0.3) is 15.9 Å². The Labute approximate surface area is 166 Å². The monoisotopic (exact) mass is 402 g/mol. The quantitative estimate of drug-likeness (QED) is 0.834. The fourth-order valence-electron chi connectivity index (χ4n) is 2.93. The Morgan fingerprint density at radius 1 is 1.14 bits per heavy atom. The molecular weight excluding hydrogens is 376 g/mol. The fourth-order valence-corrected chi connectivity index (χ4v) is 4.42. The third-order valence-electron chi connectivity index (χ3n) is 4.98. The molecule has 1 aliphatic rings. The predicted octanol–water partition coefficient (Wildman–Crippen LogP) is 3.11. The molecule has 2 aromatic rings. The summed E-state index contributed by atoms with van der Waals surface area (Å²) in [5.74, 6) is 0.320. The molecule has 1 amide bonds. The topological polar surface area (TPSA) is 75.7 Å². The number of benzene rings is 2. The largest absolute Gasteiger partial charge is 0.476 e. The van der Waals surface area contributed by atoms with Crippen LogP contribution in [0.4, 0.5) is 5.69 Å². The molecule has 0 radical (unpaired) electrons. The Morgan fingerprint density at radius 3 is 2.46 bits per heavy atom. The van der Waals surface area contributed by atoms with Gasteiger partial charge in [0, 0.05) is 6.04 Å². The second-order valence-electron chi connectivity index (χ2n) is 7.47. The lowest BCUT2D eigenvalue weighted by atomic mass is 10.1. The van der Waals surface area contributed by atoms with E-state index in [9.17, 15) is 13.2 Å². The van der Waals surface area contributed by atoms with Gasteiger partial charge in [0.15, 0.2) is 6.10 Å². The van der Waals surface area contributed by atoms with Crippen LogP contribution in [0, 0.1) is 12.8 Å². The molecular formula is C21H26N2O4S. The Balaban J connectivity index is 1.99. The summed E-state index contributed by atoms with van der Waals surface area (Å²) in [4.78, 5) is 12.9. The molecule has 1 N–H and O–H groups in total. The van der Waals surface area contributed by atoms with Crippen molar-refractivity contribution in [3.05, 3.63) is 54.1 Å². The second-order valence-corrected chi connectivity index (χ2v) is 9.33. The summed E-state index contributed by atoms with van der Waals surface area (Å²) < 4.78 is 33.7. The van der Waals surface area contributed by atoms with Crippen LogP contribution in [0.5, 0.6) is 5.75 Å². The summed E-state index contributed by atoms with van der Waals surface area (Å²) in [7, 11) is -3.83. The minimum absolute atomic E-state index is 0.0466. The number of nitrogens with zero attached hydrogens (tertiary/aromatic N) is 1. The number of hydrogen-bond acceptors (Lipinski definition) is 4. The molecule has 6 nitrogen and oxygen atoms in total. The van der Waals surface area contributed by atoms with E-state index in [1.807, 2.05) is 33.8 Å². The minimum Gasteiger partial charge on any atom is -0.476 e. The van der Waals surface area contributed by atoms with Crippen LogP contribution in [0.15, 0.2) is 53.4 Å². The molecule has 0 spiro atoms. The summed E-state index contributed by atoms with van der Waals surface area (Å²) in [6.45, 7) is 7.75. The first-order valence-electron chi connectivity index (χ1n) is 9.35. The number of carbonyl (C=O) groups excluding carboxylic acids is 1. The maximum atomic E-state index is 13.3. The van der Waals surface area contributed by atoms with Crippen LogP contribution in [-0.2, 0) is 14.8 Å². The van der Waals surface area contributed by atoms with E-state index < -0.39 is 16.1 Å². The van der Waals surface area contributed by atoms with E-state index in [4.69, 9.17) is 4.74 Å². The maximum Gasteiger partial charge on any atom is 0.264 e. The molecule has 0 aliphatic carbocycles. The predicted molar refractivity (Wildman–Crippen MR) is 109 cm³/mol. The summed E-state index contributed by atoms with van der Waals surface area (Å²) in [6.07, 6.45) is -0.921. The van der Waals surface area contributed by atoms with Gasteiger partial charge in [-0.2, -0.15) is 0 Å². The zero-order valence-electron chi connectivity index (χ0n) is 16.5. The van der Waals surface area contributed by atoms with Gasteiger partial charge in [-0.3, -0.25) is 9.10 Å². The molecule has 0 saturated carbocycles. The zero-order chi connectivity index (χ0) is 20.5. The molecule has 0 saturated heterocycles. The summed E-state index contributed by atoms with van der Waals surface area (Å²) >= 11 is 0. The number of amides is 1. The van der Waals surface area contributed by atoms with E-state index in [0.29, 0.717) is 11.4 Å². The van der Waals surface area contributed by atoms with Gasteiger partial charge in [0.05, 0.1) is 17.1 Å². The van der Waals surface area contributed by atoms with E-state index in [0.717, 1.165) is 5.56 Å². The third kappa shape index (κ3) is 3.99. The summed E-state index contributed by atoms with van der Waals surface area (Å²) in [5.41, 5.74) is 1.36. The van der Waals surface area contributed by atoms with Gasteiger partial charge in [-0.05, 0) is 49.6 Å². The molecule has 0 bridgehead atoms. The highest BCUT2D eigenvalue weighted by molar-refractivity contribution is 7.92. The molecule has 28 heavy (non-hydrogen) atoms. The van der Waals surface area contributed by atoms with Gasteiger partial charge < -0.3 is 10.1 Å². The molecule has 2 atom stereocenters. The summed E-state index contributed by atoms with van der Waals surface area (Å²) in [6, 6.07) is 13.5. The van der Waals surface area contributed by atoms with Gasteiger partial charge in [0.2, 0.25) is 0 Å². The molecule has 1 aliphatic heterocycles. The SMILES string of the molecule is Cc1ccc2c(c1)N(S(=O)(=O)c1ccccc1)C[C@H](C(=O)N[C@H](C)C(C)C)O2. The number of hydrogen-bond donors (Lipinski definition) is 1. The standard InChI is InChI=1S/C21H26N2O4S/c1-14(2)16(4)22-21(24)20-13-23(18-12-15(3)10-11-19(18)27-20)28(25,26)17-8-6-5-7-9-17/h5-12,14,16,20H,13H2,1-4H3,(H,22,24)/t16-,20-/m1/s1. The van der Waals surface area contributed by atoms with E-state index in [-0.39, 0.29) is 29.3 Å². The average molecular weight is 403 g/mol. The van der Waals surface area contributed by atoms with Crippen molar-refractivity contribution >= 4 is 21.6 Å². The highest BCUT2D eigenvalue weighted by Crippen LogP contribution is 2.37. The first-order valence-corrected chi connectivity index (χ1v) is 10.8. The van der Waals surface area contributed by atoms with Crippen molar-refractivity contribution in [2.24, 2.45) is 5.92 Å². The lowest BCUT2D eigenvalue weighted by Gasteiger charge is -2.35. The van der Waals surface area contributed by atoms with Gasteiger partial charge in [-0.15, -0.1) is 0 Å². The van der Waals surface area contributed by atoms with Crippen molar-refractivity contribution in [3.63, 3.8) is 0 Å². The minimum atomic E-state index is -3.83. The highest BCUT2D eigenvalue weighted by atomic mass is 32.2. The number of nitrogens with one attached hydrogen (secondary N) is 1. The molecule has 7 heteroatoms. The lowest BCUT2D eigenvalue weighted by molar-refractivity contribution is -0.128. The van der Waals surface area contributed by atoms with E-state index >= 15 is 0 Å². The van der Waals surface area contributed by atoms with Crippen molar-refractivity contribution in [3.8, 4) is 5.75 Å². The highest BCUT2D eigenvalue weighted by Gasteiger charge is 2.38. The second kappa shape index (κ2) is 7.83. The van der Waals surface area contributed by atoms with Crippen LogP contribution in [0.25, 0.3) is 0 Å². The number of aryl methyl sites for hydroxylation is 1. The van der Waals surface area contributed by atoms with Gasteiger partial charge >= 0.3 is 0 Å². The van der Waals surface area contributed by atoms with Crippen LogP contribution >= 0.6 is 0 Å². The Hall–Kier alpha value is -2.54. The number of sulfonamides is 1. The molecule has 1 heterocycles. The molecule has 0 fully saturated rings. The zero-order valence-corrected chi connectivity index (χ0v) is 17.4. The van der Waals surface area contributed by atoms with Gasteiger partial charge in [0.1, 0.15) is 5.75 Å². The van der Waals surface area contributed by atoms with E-state index in [1.165, 1.54) is 4.31 Å². The van der Waals surface area contributed by atoms with Crippen LogP contribution in [0.1, 0.15) is 26.3 Å². The van der Waals surface area contributed by atoms with Crippen LogP contribution in [0.2, 0.25) is 0 Å². The number of rotatable bonds is 5.